The Kier molecular flexibility index (Phi) is 9.16. The predicted octanol–water partition coefficient (Wildman–Crippen LogP) is 1.94. The first-order valence-electron chi connectivity index (χ1n) is 12.9. The van der Waals surface area contributed by atoms with E-state index in [2.05, 4.69) is 15.5 Å². The van der Waals surface area contributed by atoms with Crippen molar-refractivity contribution < 1.29 is 33.1 Å². The van der Waals surface area contributed by atoms with Crippen LogP contribution in [0.4, 0.5) is 4.39 Å². The Balaban J connectivity index is 1.39. The second kappa shape index (κ2) is 12.6. The van der Waals surface area contributed by atoms with Crippen molar-refractivity contribution >= 4 is 41.0 Å². The molecule has 12 heteroatoms. The number of carbonyl (C=O) groups excluding carboxylic acids is 5. The summed E-state index contributed by atoms with van der Waals surface area (Å²) in [5.74, 6) is -4.75. The molecule has 0 saturated carbocycles. The summed E-state index contributed by atoms with van der Waals surface area (Å²) in [4.78, 5) is 66.3. The minimum absolute atomic E-state index is 0.0157. The van der Waals surface area contributed by atoms with E-state index in [0.717, 1.165) is 5.56 Å². The molecule has 2 heterocycles. The number of benzene rings is 2. The van der Waals surface area contributed by atoms with Crippen LogP contribution in [0, 0.1) is 11.7 Å². The molecule has 0 spiro atoms. The summed E-state index contributed by atoms with van der Waals surface area (Å²) in [6.45, 7) is 4.96. The Bertz CT molecular complexity index is 1320. The Labute approximate surface area is 235 Å². The van der Waals surface area contributed by atoms with Gasteiger partial charge in [-0.05, 0) is 49.7 Å². The number of hydrogen-bond donors (Lipinski definition) is 2. The number of Topliss-reactive ketones (excluding diaryl/α,β-unsaturated/α-hetero) is 1. The molecule has 2 saturated heterocycles. The van der Waals surface area contributed by atoms with Gasteiger partial charge in [-0.15, -0.1) is 0 Å². The van der Waals surface area contributed by atoms with Crippen molar-refractivity contribution in [3.8, 4) is 5.75 Å². The minimum atomic E-state index is -1.40. The quantitative estimate of drug-likeness (QED) is 0.281. The lowest BCUT2D eigenvalue weighted by atomic mass is 9.96. The number of nitrogens with zero attached hydrogens (tertiary/aromatic N) is 2. The summed E-state index contributed by atoms with van der Waals surface area (Å²) in [5.41, 5.74) is 0.996. The normalized spacial score (nSPS) is 21.9. The molecular formula is C28H30ClFN4O6. The van der Waals surface area contributed by atoms with Crippen LogP contribution in [-0.2, 0) is 25.7 Å². The van der Waals surface area contributed by atoms with Crippen molar-refractivity contribution in [2.45, 2.75) is 38.9 Å². The Morgan fingerprint density at radius 1 is 1.02 bits per heavy atom. The largest absolute Gasteiger partial charge is 0.483 e. The zero-order valence-electron chi connectivity index (χ0n) is 22.1. The first-order valence-corrected chi connectivity index (χ1v) is 13.2. The number of ether oxygens (including phenoxy) is 1. The van der Waals surface area contributed by atoms with Crippen molar-refractivity contribution in [1.29, 1.82) is 0 Å². The molecule has 212 valence electrons. The third-order valence-corrected chi connectivity index (χ3v) is 7.27. The Morgan fingerprint density at radius 2 is 1.75 bits per heavy atom. The predicted molar refractivity (Wildman–Crippen MR) is 143 cm³/mol. The molecule has 1 unspecified atom stereocenters. The maximum absolute atomic E-state index is 13.3. The van der Waals surface area contributed by atoms with Crippen LogP contribution in [0.5, 0.6) is 5.75 Å². The number of carbonyl (C=O) groups is 5. The van der Waals surface area contributed by atoms with E-state index in [9.17, 15) is 28.4 Å². The van der Waals surface area contributed by atoms with Crippen LogP contribution in [0.15, 0.2) is 42.5 Å². The molecule has 2 N–H and O–H groups in total. The molecule has 0 radical (unpaired) electrons. The molecule has 0 aromatic heterocycles. The summed E-state index contributed by atoms with van der Waals surface area (Å²) >= 11 is 6.10. The van der Waals surface area contributed by atoms with Crippen molar-refractivity contribution in [2.24, 2.45) is 5.92 Å². The second-order valence-corrected chi connectivity index (χ2v) is 10.5. The minimum Gasteiger partial charge on any atom is -0.483 e. The van der Waals surface area contributed by atoms with Gasteiger partial charge in [0, 0.05) is 43.2 Å². The maximum Gasteiger partial charge on any atom is 0.260 e. The van der Waals surface area contributed by atoms with Crippen LogP contribution < -0.4 is 15.4 Å². The van der Waals surface area contributed by atoms with Gasteiger partial charge in [0.05, 0.1) is 12.1 Å². The molecule has 2 aromatic rings. The molecule has 3 atom stereocenters. The summed E-state index contributed by atoms with van der Waals surface area (Å²) in [6, 6.07) is 10.6. The third-order valence-electron chi connectivity index (χ3n) is 7.04. The van der Waals surface area contributed by atoms with Crippen molar-refractivity contribution in [1.82, 2.24) is 20.4 Å². The zero-order chi connectivity index (χ0) is 29.0. The van der Waals surface area contributed by atoms with Crippen LogP contribution in [0.25, 0.3) is 0 Å². The fourth-order valence-electron chi connectivity index (χ4n) is 4.82. The Morgan fingerprint density at radius 3 is 2.48 bits per heavy atom. The number of nitrogens with one attached hydrogen (secondary N) is 2. The molecule has 2 aliphatic heterocycles. The van der Waals surface area contributed by atoms with Crippen molar-refractivity contribution in [3.05, 3.63) is 64.4 Å². The fourth-order valence-corrected chi connectivity index (χ4v) is 4.99. The van der Waals surface area contributed by atoms with Gasteiger partial charge in [0.1, 0.15) is 17.5 Å². The molecule has 0 aliphatic carbocycles. The summed E-state index contributed by atoms with van der Waals surface area (Å²) in [6.07, 6.45) is -0.514. The molecule has 10 nitrogen and oxygen atoms in total. The average molecular weight is 573 g/mol. The van der Waals surface area contributed by atoms with Gasteiger partial charge in [-0.2, -0.15) is 0 Å². The van der Waals surface area contributed by atoms with E-state index in [1.54, 1.807) is 17.0 Å². The molecule has 40 heavy (non-hydrogen) atoms. The first-order chi connectivity index (χ1) is 19.0. The van der Waals surface area contributed by atoms with Gasteiger partial charge in [-0.1, -0.05) is 23.7 Å². The number of halogens is 2. The van der Waals surface area contributed by atoms with Gasteiger partial charge in [0.15, 0.2) is 12.4 Å². The standard InChI is InChI=1S/C28H30ClFN4O6/c1-16-13-34(17(2)12-33(16)14-18-3-6-20(30)7-4-18)26(37)15-40-24-8-5-19(29)9-21(24)23(35)10-22-27(38)31-11-25(36)32-28(22)39/h3-9,16-17,22H,10-15H2,1-2H3,(H,31,38)(H,32,36,39)/t16-,17+,22?/m0/s1. The van der Waals surface area contributed by atoms with Gasteiger partial charge >= 0.3 is 0 Å². The molecular weight excluding hydrogens is 543 g/mol. The van der Waals surface area contributed by atoms with Gasteiger partial charge in [0.25, 0.3) is 5.91 Å². The molecule has 4 amide bonds. The van der Waals surface area contributed by atoms with Gasteiger partial charge < -0.3 is 15.0 Å². The lowest BCUT2D eigenvalue weighted by Gasteiger charge is -2.44. The number of ketones is 1. The smallest absolute Gasteiger partial charge is 0.260 e. The van der Waals surface area contributed by atoms with E-state index in [0.29, 0.717) is 19.6 Å². The molecule has 0 bridgehead atoms. The van der Waals surface area contributed by atoms with Crippen LogP contribution >= 0.6 is 11.6 Å². The highest BCUT2D eigenvalue weighted by atomic mass is 35.5. The van der Waals surface area contributed by atoms with Crippen molar-refractivity contribution in [2.75, 3.05) is 26.2 Å². The first kappa shape index (κ1) is 29.2. The highest BCUT2D eigenvalue weighted by Gasteiger charge is 2.35. The third kappa shape index (κ3) is 7.02. The van der Waals surface area contributed by atoms with E-state index in [1.165, 1.54) is 30.3 Å². The number of imide groups is 1. The van der Waals surface area contributed by atoms with Crippen LogP contribution in [-0.4, -0.2) is 77.5 Å². The Hall–Kier alpha value is -3.83. The van der Waals surface area contributed by atoms with E-state index in [-0.39, 0.29) is 53.3 Å². The van der Waals surface area contributed by atoms with E-state index in [1.807, 2.05) is 13.8 Å². The summed E-state index contributed by atoms with van der Waals surface area (Å²) in [5, 5.41) is 4.61. The number of amides is 4. The van der Waals surface area contributed by atoms with E-state index >= 15 is 0 Å². The molecule has 2 aromatic carbocycles. The second-order valence-electron chi connectivity index (χ2n) is 10.0. The van der Waals surface area contributed by atoms with Crippen LogP contribution in [0.3, 0.4) is 0 Å². The topological polar surface area (TPSA) is 125 Å². The highest BCUT2D eigenvalue weighted by Crippen LogP contribution is 2.26. The van der Waals surface area contributed by atoms with Crippen molar-refractivity contribution in [3.63, 3.8) is 0 Å². The summed E-state index contributed by atoms with van der Waals surface area (Å²) < 4.78 is 19.0. The lowest BCUT2D eigenvalue weighted by molar-refractivity contribution is -0.139. The van der Waals surface area contributed by atoms with Crippen LogP contribution in [0.2, 0.25) is 5.02 Å². The summed E-state index contributed by atoms with van der Waals surface area (Å²) in [7, 11) is 0. The number of hydrogen-bond acceptors (Lipinski definition) is 7. The van der Waals surface area contributed by atoms with E-state index < -0.39 is 35.8 Å². The SMILES string of the molecule is C[C@@H]1CN(Cc2ccc(F)cc2)[C@@H](C)CN1C(=O)COc1ccc(Cl)cc1C(=O)CC1C(=O)NCC(=O)NC1=O. The van der Waals surface area contributed by atoms with E-state index in [4.69, 9.17) is 16.3 Å². The maximum atomic E-state index is 13.3. The molecule has 2 aliphatic rings. The number of rotatable bonds is 8. The molecule has 4 rings (SSSR count). The van der Waals surface area contributed by atoms with Crippen LogP contribution in [0.1, 0.15) is 36.2 Å². The van der Waals surface area contributed by atoms with Gasteiger partial charge in [-0.25, -0.2) is 4.39 Å². The number of piperazine rings is 1. The fraction of sp³-hybridized carbons (Fsp3) is 0.393. The van der Waals surface area contributed by atoms with Gasteiger partial charge in [0.2, 0.25) is 17.7 Å². The highest BCUT2D eigenvalue weighted by molar-refractivity contribution is 6.31. The molecule has 2 fully saturated rings. The zero-order valence-corrected chi connectivity index (χ0v) is 22.9. The lowest BCUT2D eigenvalue weighted by Crippen LogP contribution is -2.58. The average Bonchev–Trinajstić information content (AvgIpc) is 3.03. The monoisotopic (exact) mass is 572 g/mol. The van der Waals surface area contributed by atoms with Gasteiger partial charge in [-0.3, -0.25) is 34.2 Å².